The Kier molecular flexibility index (Phi) is 5.21. The number of anilines is 2. The van der Waals surface area contributed by atoms with E-state index in [1.807, 2.05) is 0 Å². The Morgan fingerprint density at radius 2 is 1.87 bits per heavy atom. The first-order valence-corrected chi connectivity index (χ1v) is 9.85. The lowest BCUT2D eigenvalue weighted by atomic mass is 9.90. The smallest absolute Gasteiger partial charge is 0.325 e. The van der Waals surface area contributed by atoms with Gasteiger partial charge in [0.05, 0.1) is 17.7 Å². The zero-order valence-corrected chi connectivity index (χ0v) is 16.6. The largest absolute Gasteiger partial charge is 0.468 e. The molecule has 2 heterocycles. The third-order valence-electron chi connectivity index (χ3n) is 4.93. The molecule has 2 aromatic carbocycles. The second-order valence-electron chi connectivity index (χ2n) is 6.71. The standard InChI is InChI=1S/C21H16F2N2O4S/c1-29-18(27)11-24-20-19(30-21(24)28)14(12-7-8-15(22)16(23)9-12)10-17(26)25(20)13-5-3-2-4-6-13/h2-9,14H,10-11H2,1H3. The number of rotatable bonds is 4. The SMILES string of the molecule is COC(=O)Cn1c2c(sc1=O)C(c1ccc(F)c(F)c1)CC(=O)N2c1ccccc1. The summed E-state index contributed by atoms with van der Waals surface area (Å²) < 4.78 is 33.1. The van der Waals surface area contributed by atoms with E-state index in [0.717, 1.165) is 23.5 Å². The summed E-state index contributed by atoms with van der Waals surface area (Å²) in [5, 5.41) is 0. The van der Waals surface area contributed by atoms with Crippen molar-refractivity contribution >= 4 is 34.7 Å². The molecule has 0 aliphatic carbocycles. The summed E-state index contributed by atoms with van der Waals surface area (Å²) in [7, 11) is 1.20. The third kappa shape index (κ3) is 3.41. The second kappa shape index (κ2) is 7.83. The number of esters is 1. The number of carbonyl (C=O) groups excluding carboxylic acids is 2. The molecule has 1 unspecified atom stereocenters. The van der Waals surface area contributed by atoms with Gasteiger partial charge in [-0.1, -0.05) is 35.6 Å². The number of fused-ring (bicyclic) bond motifs is 1. The van der Waals surface area contributed by atoms with Crippen molar-refractivity contribution in [2.75, 3.05) is 12.0 Å². The van der Waals surface area contributed by atoms with E-state index in [1.165, 1.54) is 22.6 Å². The molecule has 0 N–H and O–H groups in total. The Labute approximate surface area is 173 Å². The van der Waals surface area contributed by atoms with Crippen LogP contribution in [0.15, 0.2) is 53.3 Å². The molecular weight excluding hydrogens is 414 g/mol. The number of nitrogens with zero attached hydrogens (tertiary/aromatic N) is 2. The van der Waals surface area contributed by atoms with Crippen LogP contribution in [0.3, 0.4) is 0 Å². The molecular formula is C21H16F2N2O4S. The predicted octanol–water partition coefficient (Wildman–Crippen LogP) is 3.56. The Morgan fingerprint density at radius 3 is 2.53 bits per heavy atom. The molecule has 0 radical (unpaired) electrons. The van der Waals surface area contributed by atoms with Crippen LogP contribution >= 0.6 is 11.3 Å². The monoisotopic (exact) mass is 430 g/mol. The average molecular weight is 430 g/mol. The van der Waals surface area contributed by atoms with Gasteiger partial charge in [0.1, 0.15) is 12.4 Å². The summed E-state index contributed by atoms with van der Waals surface area (Å²) in [6, 6.07) is 12.1. The number of methoxy groups -OCH3 is 1. The molecule has 1 aliphatic rings. The Hall–Kier alpha value is -3.33. The Morgan fingerprint density at radius 1 is 1.13 bits per heavy atom. The lowest BCUT2D eigenvalue weighted by Gasteiger charge is -2.32. The Bertz CT molecular complexity index is 1190. The molecule has 9 heteroatoms. The van der Waals surface area contributed by atoms with Crippen LogP contribution in [0, 0.1) is 11.6 Å². The first-order valence-electron chi connectivity index (χ1n) is 9.04. The number of amides is 1. The van der Waals surface area contributed by atoms with Crippen molar-refractivity contribution < 1.29 is 23.1 Å². The summed E-state index contributed by atoms with van der Waals surface area (Å²) in [6.07, 6.45) is -0.0366. The fourth-order valence-corrected chi connectivity index (χ4v) is 4.63. The number of ether oxygens (including phenoxy) is 1. The molecule has 1 aliphatic heterocycles. The van der Waals surface area contributed by atoms with Crippen molar-refractivity contribution in [2.24, 2.45) is 0 Å². The fraction of sp³-hybridized carbons (Fsp3) is 0.190. The van der Waals surface area contributed by atoms with Crippen LogP contribution < -0.4 is 9.77 Å². The molecule has 1 amide bonds. The van der Waals surface area contributed by atoms with Gasteiger partial charge in [-0.05, 0) is 29.8 Å². The molecule has 0 saturated heterocycles. The quantitative estimate of drug-likeness (QED) is 0.594. The maximum absolute atomic E-state index is 13.9. The van der Waals surface area contributed by atoms with Gasteiger partial charge in [0.25, 0.3) is 0 Å². The van der Waals surface area contributed by atoms with E-state index in [-0.39, 0.29) is 24.7 Å². The maximum Gasteiger partial charge on any atom is 0.325 e. The van der Waals surface area contributed by atoms with Gasteiger partial charge in [0, 0.05) is 12.3 Å². The minimum atomic E-state index is -1.03. The zero-order valence-electron chi connectivity index (χ0n) is 15.8. The number of hydrogen-bond acceptors (Lipinski definition) is 5. The predicted molar refractivity (Wildman–Crippen MR) is 107 cm³/mol. The van der Waals surface area contributed by atoms with Crippen molar-refractivity contribution in [3.63, 3.8) is 0 Å². The van der Waals surface area contributed by atoms with E-state index >= 15 is 0 Å². The molecule has 30 heavy (non-hydrogen) atoms. The van der Waals surface area contributed by atoms with Gasteiger partial charge in [-0.25, -0.2) is 8.78 Å². The first-order chi connectivity index (χ1) is 14.4. The minimum Gasteiger partial charge on any atom is -0.468 e. The average Bonchev–Trinajstić information content (AvgIpc) is 3.06. The van der Waals surface area contributed by atoms with E-state index in [2.05, 4.69) is 4.74 Å². The van der Waals surface area contributed by atoms with E-state index in [0.29, 0.717) is 16.1 Å². The van der Waals surface area contributed by atoms with Crippen molar-refractivity contribution in [1.82, 2.24) is 4.57 Å². The van der Waals surface area contributed by atoms with Gasteiger partial charge in [-0.2, -0.15) is 0 Å². The number of aromatic nitrogens is 1. The van der Waals surface area contributed by atoms with Crippen LogP contribution in [0.5, 0.6) is 0 Å². The highest BCUT2D eigenvalue weighted by Gasteiger charge is 2.38. The van der Waals surface area contributed by atoms with Gasteiger partial charge < -0.3 is 4.74 Å². The molecule has 1 atom stereocenters. The van der Waals surface area contributed by atoms with Gasteiger partial charge in [0.15, 0.2) is 11.6 Å². The van der Waals surface area contributed by atoms with Crippen LogP contribution in [-0.4, -0.2) is 23.6 Å². The lowest BCUT2D eigenvalue weighted by molar-refractivity contribution is -0.141. The summed E-state index contributed by atoms with van der Waals surface area (Å²) in [6.45, 7) is -0.373. The molecule has 3 aromatic rings. The highest BCUT2D eigenvalue weighted by Crippen LogP contribution is 2.44. The number of thiazole rings is 1. The number of carbonyl (C=O) groups is 2. The molecule has 4 rings (SSSR count). The molecule has 0 saturated carbocycles. The van der Waals surface area contributed by atoms with Crippen LogP contribution in [0.2, 0.25) is 0 Å². The van der Waals surface area contributed by atoms with Crippen LogP contribution in [-0.2, 0) is 20.9 Å². The number of halogens is 2. The highest BCUT2D eigenvalue weighted by atomic mass is 32.1. The van der Waals surface area contributed by atoms with Gasteiger partial charge >= 0.3 is 10.8 Å². The molecule has 154 valence electrons. The summed E-state index contributed by atoms with van der Waals surface area (Å²) in [5.74, 6) is -3.41. The minimum absolute atomic E-state index is 0.0366. The number of para-hydroxylation sites is 1. The molecule has 0 bridgehead atoms. The van der Waals surface area contributed by atoms with Gasteiger partial charge in [-0.3, -0.25) is 23.9 Å². The summed E-state index contributed by atoms with van der Waals surface area (Å²) >= 11 is 0.872. The molecule has 6 nitrogen and oxygen atoms in total. The highest BCUT2D eigenvalue weighted by molar-refractivity contribution is 7.10. The molecule has 0 spiro atoms. The zero-order chi connectivity index (χ0) is 21.4. The normalized spacial score (nSPS) is 15.8. The van der Waals surface area contributed by atoms with Crippen molar-refractivity contribution in [1.29, 1.82) is 0 Å². The van der Waals surface area contributed by atoms with Crippen molar-refractivity contribution in [2.45, 2.75) is 18.9 Å². The molecule has 0 fully saturated rings. The van der Waals surface area contributed by atoms with E-state index < -0.39 is 28.4 Å². The van der Waals surface area contributed by atoms with Crippen molar-refractivity contribution in [3.8, 4) is 0 Å². The number of benzene rings is 2. The second-order valence-corrected chi connectivity index (χ2v) is 7.71. The van der Waals surface area contributed by atoms with E-state index in [9.17, 15) is 23.2 Å². The van der Waals surface area contributed by atoms with Crippen molar-refractivity contribution in [3.05, 3.63) is 80.3 Å². The van der Waals surface area contributed by atoms with Gasteiger partial charge in [0.2, 0.25) is 5.91 Å². The van der Waals surface area contributed by atoms with Crippen LogP contribution in [0.1, 0.15) is 22.8 Å². The molecule has 1 aromatic heterocycles. The topological polar surface area (TPSA) is 68.6 Å². The third-order valence-corrected chi connectivity index (χ3v) is 6.01. The summed E-state index contributed by atoms with van der Waals surface area (Å²) in [4.78, 5) is 39.2. The van der Waals surface area contributed by atoms with E-state index in [1.54, 1.807) is 30.3 Å². The first kappa shape index (κ1) is 20.0. The maximum atomic E-state index is 13.9. The fourth-order valence-electron chi connectivity index (χ4n) is 3.52. The number of hydrogen-bond donors (Lipinski definition) is 0. The summed E-state index contributed by atoms with van der Waals surface area (Å²) in [5.41, 5.74) is 0.909. The van der Waals surface area contributed by atoms with Gasteiger partial charge in [-0.15, -0.1) is 0 Å². The lowest BCUT2D eigenvalue weighted by Crippen LogP contribution is -2.36. The Balaban J connectivity index is 1.92. The van der Waals surface area contributed by atoms with Crippen LogP contribution in [0.4, 0.5) is 20.3 Å². The van der Waals surface area contributed by atoms with E-state index in [4.69, 9.17) is 0 Å². The van der Waals surface area contributed by atoms with Crippen LogP contribution in [0.25, 0.3) is 0 Å².